The van der Waals surface area contributed by atoms with Gasteiger partial charge in [0.15, 0.2) is 0 Å². The van der Waals surface area contributed by atoms with Gasteiger partial charge in [-0.15, -0.1) is 0 Å². The van der Waals surface area contributed by atoms with E-state index in [-0.39, 0.29) is 0 Å². The SMILES string of the molecule is Cc1cn(C)c2c1CCC(CCC(=O)O)C2. The first-order valence-corrected chi connectivity index (χ1v) is 5.93. The Morgan fingerprint density at radius 3 is 3.06 bits per heavy atom. The van der Waals surface area contributed by atoms with Gasteiger partial charge < -0.3 is 9.67 Å². The highest BCUT2D eigenvalue weighted by molar-refractivity contribution is 5.66. The molecule has 1 aromatic rings. The summed E-state index contributed by atoms with van der Waals surface area (Å²) in [6.45, 7) is 2.16. The molecule has 0 saturated heterocycles. The standard InChI is InChI=1S/C13H19NO2/c1-9-8-14(2)12-7-10(3-5-11(9)12)4-6-13(15)16/h8,10H,3-7H2,1-2H3,(H,15,16). The summed E-state index contributed by atoms with van der Waals surface area (Å²) in [6.07, 6.45) is 6.62. The normalized spacial score (nSPS) is 19.5. The van der Waals surface area contributed by atoms with Gasteiger partial charge in [0.1, 0.15) is 0 Å². The smallest absolute Gasteiger partial charge is 0.303 e. The largest absolute Gasteiger partial charge is 0.481 e. The molecule has 1 N–H and O–H groups in total. The van der Waals surface area contributed by atoms with Crippen LogP contribution >= 0.6 is 0 Å². The maximum atomic E-state index is 10.6. The molecule has 0 aromatic carbocycles. The lowest BCUT2D eigenvalue weighted by Gasteiger charge is -2.23. The number of aliphatic carboxylic acids is 1. The number of carboxylic acid groups (broad SMARTS) is 1. The zero-order valence-corrected chi connectivity index (χ0v) is 9.99. The van der Waals surface area contributed by atoms with Crippen LogP contribution in [0, 0.1) is 12.8 Å². The molecule has 1 aliphatic carbocycles. The number of hydrogen-bond donors (Lipinski definition) is 1. The number of fused-ring (bicyclic) bond motifs is 1. The van der Waals surface area contributed by atoms with Crippen LogP contribution in [0.25, 0.3) is 0 Å². The second kappa shape index (κ2) is 4.32. The summed E-state index contributed by atoms with van der Waals surface area (Å²) in [5.74, 6) is -0.120. The average Bonchev–Trinajstić information content (AvgIpc) is 2.52. The molecule has 0 saturated carbocycles. The first-order chi connectivity index (χ1) is 7.58. The first-order valence-electron chi connectivity index (χ1n) is 5.93. The Morgan fingerprint density at radius 1 is 1.62 bits per heavy atom. The number of aromatic nitrogens is 1. The molecule has 1 atom stereocenters. The van der Waals surface area contributed by atoms with E-state index in [9.17, 15) is 4.79 Å². The molecule has 1 aliphatic rings. The summed E-state index contributed by atoms with van der Waals surface area (Å²) in [5, 5.41) is 8.69. The highest BCUT2D eigenvalue weighted by Gasteiger charge is 2.22. The molecule has 0 radical (unpaired) electrons. The summed E-state index contributed by atoms with van der Waals surface area (Å²) in [4.78, 5) is 10.6. The van der Waals surface area contributed by atoms with Crippen LogP contribution in [0.4, 0.5) is 0 Å². The van der Waals surface area contributed by atoms with Crippen molar-refractivity contribution >= 4 is 5.97 Å². The Hall–Kier alpha value is -1.25. The Bertz CT molecular complexity index is 406. The van der Waals surface area contributed by atoms with Crippen LogP contribution in [0.3, 0.4) is 0 Å². The third kappa shape index (κ3) is 2.13. The van der Waals surface area contributed by atoms with Crippen molar-refractivity contribution in [2.24, 2.45) is 13.0 Å². The van der Waals surface area contributed by atoms with E-state index < -0.39 is 5.97 Å². The van der Waals surface area contributed by atoms with E-state index in [1.807, 2.05) is 0 Å². The van der Waals surface area contributed by atoms with Crippen molar-refractivity contribution in [3.05, 3.63) is 23.0 Å². The topological polar surface area (TPSA) is 42.2 Å². The van der Waals surface area contributed by atoms with E-state index in [1.54, 1.807) is 0 Å². The predicted molar refractivity (Wildman–Crippen MR) is 62.5 cm³/mol. The monoisotopic (exact) mass is 221 g/mol. The van der Waals surface area contributed by atoms with Gasteiger partial charge >= 0.3 is 5.97 Å². The maximum Gasteiger partial charge on any atom is 0.303 e. The fourth-order valence-electron chi connectivity index (χ4n) is 2.79. The molecular formula is C13H19NO2. The summed E-state index contributed by atoms with van der Waals surface area (Å²) >= 11 is 0. The lowest BCUT2D eigenvalue weighted by Crippen LogP contribution is -2.17. The number of rotatable bonds is 3. The van der Waals surface area contributed by atoms with Gasteiger partial charge in [-0.3, -0.25) is 4.79 Å². The third-order valence-electron chi connectivity index (χ3n) is 3.69. The summed E-state index contributed by atoms with van der Waals surface area (Å²) in [7, 11) is 2.09. The molecule has 3 heteroatoms. The van der Waals surface area contributed by atoms with E-state index in [4.69, 9.17) is 5.11 Å². The third-order valence-corrected chi connectivity index (χ3v) is 3.69. The second-order valence-electron chi connectivity index (χ2n) is 4.89. The summed E-state index contributed by atoms with van der Waals surface area (Å²) < 4.78 is 2.21. The van der Waals surface area contributed by atoms with Crippen LogP contribution < -0.4 is 0 Å². The number of nitrogens with zero attached hydrogens (tertiary/aromatic N) is 1. The highest BCUT2D eigenvalue weighted by Crippen LogP contribution is 2.30. The van der Waals surface area contributed by atoms with Crippen molar-refractivity contribution in [3.8, 4) is 0 Å². The van der Waals surface area contributed by atoms with Crippen molar-refractivity contribution in [3.63, 3.8) is 0 Å². The van der Waals surface area contributed by atoms with E-state index in [1.165, 1.54) is 16.8 Å². The van der Waals surface area contributed by atoms with Gasteiger partial charge in [-0.2, -0.15) is 0 Å². The Morgan fingerprint density at radius 2 is 2.38 bits per heavy atom. The van der Waals surface area contributed by atoms with Gasteiger partial charge in [-0.05, 0) is 49.7 Å². The Kier molecular flexibility index (Phi) is 3.03. The van der Waals surface area contributed by atoms with Crippen LogP contribution in [-0.4, -0.2) is 15.6 Å². The quantitative estimate of drug-likeness (QED) is 0.851. The van der Waals surface area contributed by atoms with Gasteiger partial charge in [0.25, 0.3) is 0 Å². The van der Waals surface area contributed by atoms with Crippen LogP contribution in [0.2, 0.25) is 0 Å². The van der Waals surface area contributed by atoms with E-state index >= 15 is 0 Å². The molecule has 1 aromatic heterocycles. The van der Waals surface area contributed by atoms with Crippen molar-refractivity contribution in [2.75, 3.05) is 0 Å². The second-order valence-corrected chi connectivity index (χ2v) is 4.89. The lowest BCUT2D eigenvalue weighted by atomic mass is 9.84. The molecule has 2 rings (SSSR count). The number of carbonyl (C=O) groups is 1. The zero-order chi connectivity index (χ0) is 11.7. The van der Waals surface area contributed by atoms with Gasteiger partial charge in [0.05, 0.1) is 0 Å². The maximum absolute atomic E-state index is 10.6. The molecule has 0 spiro atoms. The van der Waals surface area contributed by atoms with Crippen molar-refractivity contribution in [1.29, 1.82) is 0 Å². The molecule has 0 fully saturated rings. The Balaban J connectivity index is 2.05. The molecule has 1 unspecified atom stereocenters. The number of aryl methyl sites for hydroxylation is 2. The molecule has 3 nitrogen and oxygen atoms in total. The fraction of sp³-hybridized carbons (Fsp3) is 0.615. The van der Waals surface area contributed by atoms with Crippen LogP contribution in [0.5, 0.6) is 0 Å². The van der Waals surface area contributed by atoms with Gasteiger partial charge in [0, 0.05) is 25.4 Å². The molecule has 0 bridgehead atoms. The number of hydrogen-bond acceptors (Lipinski definition) is 1. The average molecular weight is 221 g/mol. The van der Waals surface area contributed by atoms with Crippen LogP contribution in [0.1, 0.15) is 36.1 Å². The lowest BCUT2D eigenvalue weighted by molar-refractivity contribution is -0.137. The predicted octanol–water partition coefficient (Wildman–Crippen LogP) is 2.30. The van der Waals surface area contributed by atoms with Gasteiger partial charge in [-0.25, -0.2) is 0 Å². The van der Waals surface area contributed by atoms with Crippen LogP contribution in [0.15, 0.2) is 6.20 Å². The van der Waals surface area contributed by atoms with E-state index in [0.29, 0.717) is 12.3 Å². The zero-order valence-electron chi connectivity index (χ0n) is 9.99. The Labute approximate surface area is 96.1 Å². The molecule has 1 heterocycles. The summed E-state index contributed by atoms with van der Waals surface area (Å²) in [5.41, 5.74) is 4.29. The van der Waals surface area contributed by atoms with Crippen molar-refractivity contribution in [2.45, 2.75) is 39.0 Å². The molecule has 16 heavy (non-hydrogen) atoms. The molecule has 0 aliphatic heterocycles. The van der Waals surface area contributed by atoms with Gasteiger partial charge in [0.2, 0.25) is 0 Å². The highest BCUT2D eigenvalue weighted by atomic mass is 16.4. The summed E-state index contributed by atoms with van der Waals surface area (Å²) in [6, 6.07) is 0. The van der Waals surface area contributed by atoms with Crippen LogP contribution in [-0.2, 0) is 24.7 Å². The number of carboxylic acids is 1. The fourth-order valence-corrected chi connectivity index (χ4v) is 2.79. The molecule has 0 amide bonds. The molecule has 88 valence electrons. The minimum absolute atomic E-state index is 0.309. The van der Waals surface area contributed by atoms with E-state index in [2.05, 4.69) is 24.7 Å². The van der Waals surface area contributed by atoms with Crippen molar-refractivity contribution < 1.29 is 9.90 Å². The van der Waals surface area contributed by atoms with Gasteiger partial charge in [-0.1, -0.05) is 0 Å². The minimum atomic E-state index is -0.672. The first kappa shape index (κ1) is 11.2. The van der Waals surface area contributed by atoms with E-state index in [0.717, 1.165) is 25.7 Å². The molecular weight excluding hydrogens is 202 g/mol. The minimum Gasteiger partial charge on any atom is -0.481 e. The van der Waals surface area contributed by atoms with Crippen molar-refractivity contribution in [1.82, 2.24) is 4.57 Å².